The van der Waals surface area contributed by atoms with Gasteiger partial charge >= 0.3 is 0 Å². The summed E-state index contributed by atoms with van der Waals surface area (Å²) in [6.45, 7) is 7.61. The van der Waals surface area contributed by atoms with Gasteiger partial charge < -0.3 is 15.4 Å². The van der Waals surface area contributed by atoms with Crippen LogP contribution in [0.25, 0.3) is 0 Å². The predicted molar refractivity (Wildman–Crippen MR) is 85.8 cm³/mol. The number of nitrogens with one attached hydrogen (secondary N) is 2. The molecule has 0 spiro atoms. The third kappa shape index (κ3) is 6.12. The quantitative estimate of drug-likeness (QED) is 0.734. The molecule has 1 rings (SSSR count). The Balaban J connectivity index is 2.77. The van der Waals surface area contributed by atoms with Gasteiger partial charge in [-0.05, 0) is 38.3 Å². The van der Waals surface area contributed by atoms with Gasteiger partial charge in [0.25, 0.3) is 5.91 Å². The van der Waals surface area contributed by atoms with E-state index in [9.17, 15) is 4.79 Å². The minimum Gasteiger partial charge on any atom is -0.385 e. The molecule has 5 nitrogen and oxygen atoms in total. The largest absolute Gasteiger partial charge is 0.385 e. The summed E-state index contributed by atoms with van der Waals surface area (Å²) < 4.78 is 5.03. The average Bonchev–Trinajstić information content (AvgIpc) is 2.50. The predicted octanol–water partition coefficient (Wildman–Crippen LogP) is 2.62. The number of carbonyl (C=O) groups is 1. The van der Waals surface area contributed by atoms with Crippen molar-refractivity contribution in [3.05, 3.63) is 23.4 Å². The summed E-state index contributed by atoms with van der Waals surface area (Å²) in [5, 5.41) is 6.23. The van der Waals surface area contributed by atoms with Crippen LogP contribution in [0.2, 0.25) is 0 Å². The van der Waals surface area contributed by atoms with Gasteiger partial charge in [0.2, 0.25) is 0 Å². The third-order valence-electron chi connectivity index (χ3n) is 3.19. The molecule has 1 aromatic rings. The molecular weight excluding hydrogens is 266 g/mol. The van der Waals surface area contributed by atoms with Gasteiger partial charge in [-0.15, -0.1) is 0 Å². The molecule has 0 radical (unpaired) electrons. The fourth-order valence-electron chi connectivity index (χ4n) is 1.92. The number of rotatable bonds is 9. The van der Waals surface area contributed by atoms with Crippen LogP contribution in [0.15, 0.2) is 12.1 Å². The van der Waals surface area contributed by atoms with E-state index in [0.29, 0.717) is 12.2 Å². The van der Waals surface area contributed by atoms with Crippen LogP contribution in [0.5, 0.6) is 0 Å². The molecule has 1 aromatic heterocycles. The van der Waals surface area contributed by atoms with Crippen molar-refractivity contribution in [2.24, 2.45) is 0 Å². The number of ether oxygens (including phenoxy) is 1. The lowest BCUT2D eigenvalue weighted by atomic mass is 10.1. The van der Waals surface area contributed by atoms with Crippen LogP contribution in [0.3, 0.4) is 0 Å². The number of anilines is 1. The summed E-state index contributed by atoms with van der Waals surface area (Å²) in [7, 11) is 1.66. The van der Waals surface area contributed by atoms with E-state index >= 15 is 0 Å². The third-order valence-corrected chi connectivity index (χ3v) is 3.19. The Morgan fingerprint density at radius 1 is 1.38 bits per heavy atom. The maximum atomic E-state index is 12.3. The summed E-state index contributed by atoms with van der Waals surface area (Å²) in [4.78, 5) is 16.8. The summed E-state index contributed by atoms with van der Waals surface area (Å²) in [5.74, 6) is 0.709. The van der Waals surface area contributed by atoms with Gasteiger partial charge in [-0.2, -0.15) is 0 Å². The Morgan fingerprint density at radius 3 is 2.76 bits per heavy atom. The summed E-state index contributed by atoms with van der Waals surface area (Å²) in [6, 6.07) is 3.76. The van der Waals surface area contributed by atoms with Crippen molar-refractivity contribution >= 4 is 11.7 Å². The SMILES string of the molecule is CCCNc1cc(C(=O)NC(C)CCOC)cc(CC)n1. The van der Waals surface area contributed by atoms with Crippen LogP contribution in [0.4, 0.5) is 5.82 Å². The number of carbonyl (C=O) groups excluding carboxylic acids is 1. The number of hydrogen-bond donors (Lipinski definition) is 2. The number of methoxy groups -OCH3 is 1. The maximum Gasteiger partial charge on any atom is 0.251 e. The number of pyridine rings is 1. The first-order chi connectivity index (χ1) is 10.1. The molecule has 5 heteroatoms. The second-order valence-electron chi connectivity index (χ2n) is 5.17. The molecule has 21 heavy (non-hydrogen) atoms. The number of amides is 1. The molecule has 0 bridgehead atoms. The van der Waals surface area contributed by atoms with Crippen molar-refractivity contribution in [2.45, 2.75) is 46.1 Å². The van der Waals surface area contributed by atoms with Crippen LogP contribution >= 0.6 is 0 Å². The molecule has 0 aliphatic heterocycles. The first kappa shape index (κ1) is 17.4. The van der Waals surface area contributed by atoms with Crippen LogP contribution < -0.4 is 10.6 Å². The number of hydrogen-bond acceptors (Lipinski definition) is 4. The van der Waals surface area contributed by atoms with Crippen LogP contribution in [0.1, 0.15) is 49.7 Å². The van der Waals surface area contributed by atoms with Gasteiger partial charge in [-0.3, -0.25) is 4.79 Å². The van der Waals surface area contributed by atoms with Crippen LogP contribution in [-0.2, 0) is 11.2 Å². The Kier molecular flexibility index (Phi) is 7.75. The van der Waals surface area contributed by atoms with Gasteiger partial charge in [-0.25, -0.2) is 4.98 Å². The minimum atomic E-state index is -0.0600. The topological polar surface area (TPSA) is 63.2 Å². The van der Waals surface area contributed by atoms with E-state index in [1.807, 2.05) is 26.0 Å². The van der Waals surface area contributed by atoms with Crippen molar-refractivity contribution in [3.63, 3.8) is 0 Å². The lowest BCUT2D eigenvalue weighted by Gasteiger charge is -2.14. The highest BCUT2D eigenvalue weighted by atomic mass is 16.5. The molecule has 0 aromatic carbocycles. The lowest BCUT2D eigenvalue weighted by Crippen LogP contribution is -2.33. The van der Waals surface area contributed by atoms with E-state index in [0.717, 1.165) is 37.3 Å². The van der Waals surface area contributed by atoms with Crippen molar-refractivity contribution in [2.75, 3.05) is 25.6 Å². The van der Waals surface area contributed by atoms with Gasteiger partial charge in [0, 0.05) is 37.6 Å². The zero-order chi connectivity index (χ0) is 15.7. The van der Waals surface area contributed by atoms with Crippen LogP contribution in [0, 0.1) is 0 Å². The van der Waals surface area contributed by atoms with Crippen molar-refractivity contribution in [3.8, 4) is 0 Å². The Morgan fingerprint density at radius 2 is 2.14 bits per heavy atom. The molecule has 118 valence electrons. The second kappa shape index (κ2) is 9.34. The molecule has 0 saturated carbocycles. The monoisotopic (exact) mass is 293 g/mol. The molecule has 1 unspecified atom stereocenters. The highest BCUT2D eigenvalue weighted by molar-refractivity contribution is 5.95. The average molecular weight is 293 g/mol. The second-order valence-corrected chi connectivity index (χ2v) is 5.17. The first-order valence-electron chi connectivity index (χ1n) is 7.65. The maximum absolute atomic E-state index is 12.3. The van der Waals surface area contributed by atoms with E-state index in [-0.39, 0.29) is 11.9 Å². The van der Waals surface area contributed by atoms with Gasteiger partial charge in [-0.1, -0.05) is 13.8 Å². The van der Waals surface area contributed by atoms with E-state index < -0.39 is 0 Å². The Labute approximate surface area is 127 Å². The van der Waals surface area contributed by atoms with E-state index in [1.165, 1.54) is 0 Å². The summed E-state index contributed by atoms with van der Waals surface area (Å²) >= 11 is 0. The number of aromatic nitrogens is 1. The highest BCUT2D eigenvalue weighted by Gasteiger charge is 2.12. The van der Waals surface area contributed by atoms with Crippen molar-refractivity contribution < 1.29 is 9.53 Å². The molecule has 1 amide bonds. The Bertz CT molecular complexity index is 449. The van der Waals surface area contributed by atoms with Crippen molar-refractivity contribution in [1.29, 1.82) is 0 Å². The normalized spacial score (nSPS) is 12.0. The molecule has 1 heterocycles. The summed E-state index contributed by atoms with van der Waals surface area (Å²) in [6.07, 6.45) is 2.63. The van der Waals surface area contributed by atoms with Gasteiger partial charge in [0.15, 0.2) is 0 Å². The Hall–Kier alpha value is -1.62. The molecular formula is C16H27N3O2. The molecule has 0 aliphatic carbocycles. The smallest absolute Gasteiger partial charge is 0.251 e. The highest BCUT2D eigenvalue weighted by Crippen LogP contribution is 2.12. The molecule has 0 saturated heterocycles. The van der Waals surface area contributed by atoms with Gasteiger partial charge in [0.1, 0.15) is 5.82 Å². The van der Waals surface area contributed by atoms with Crippen LogP contribution in [-0.4, -0.2) is 37.2 Å². The molecule has 2 N–H and O–H groups in total. The number of aryl methyl sites for hydroxylation is 1. The standard InChI is InChI=1S/C16H27N3O2/c1-5-8-17-15-11-13(10-14(6-2)19-15)16(20)18-12(3)7-9-21-4/h10-12H,5-9H2,1-4H3,(H,17,19)(H,18,20). The van der Waals surface area contributed by atoms with Crippen molar-refractivity contribution in [1.82, 2.24) is 10.3 Å². The zero-order valence-corrected chi connectivity index (χ0v) is 13.5. The van der Waals surface area contributed by atoms with E-state index in [1.54, 1.807) is 7.11 Å². The summed E-state index contributed by atoms with van der Waals surface area (Å²) in [5.41, 5.74) is 1.58. The van der Waals surface area contributed by atoms with E-state index in [2.05, 4.69) is 22.5 Å². The molecule has 0 fully saturated rings. The molecule has 0 aliphatic rings. The fraction of sp³-hybridized carbons (Fsp3) is 0.625. The first-order valence-corrected chi connectivity index (χ1v) is 7.65. The fourth-order valence-corrected chi connectivity index (χ4v) is 1.92. The lowest BCUT2D eigenvalue weighted by molar-refractivity contribution is 0.0929. The minimum absolute atomic E-state index is 0.0600. The van der Waals surface area contributed by atoms with E-state index in [4.69, 9.17) is 4.74 Å². The molecule has 1 atom stereocenters. The van der Waals surface area contributed by atoms with Gasteiger partial charge in [0.05, 0.1) is 0 Å². The number of nitrogens with zero attached hydrogens (tertiary/aromatic N) is 1. The zero-order valence-electron chi connectivity index (χ0n) is 13.5.